The van der Waals surface area contributed by atoms with Crippen LogP contribution in [0.2, 0.25) is 5.15 Å². The molecule has 0 saturated heterocycles. The lowest BCUT2D eigenvalue weighted by Gasteiger charge is -2.13. The Bertz CT molecular complexity index is 578. The van der Waals surface area contributed by atoms with Crippen molar-refractivity contribution in [3.8, 4) is 11.6 Å². The Labute approximate surface area is 121 Å². The number of nitrogens with zero attached hydrogens (tertiary/aromatic N) is 3. The maximum absolute atomic E-state index is 5.92. The van der Waals surface area contributed by atoms with Crippen LogP contribution in [0.15, 0.2) is 35.5 Å². The van der Waals surface area contributed by atoms with Crippen molar-refractivity contribution in [3.63, 3.8) is 0 Å². The second kappa shape index (κ2) is 6.12. The van der Waals surface area contributed by atoms with E-state index in [1.165, 1.54) is 11.8 Å². The van der Waals surface area contributed by atoms with Gasteiger partial charge in [-0.05, 0) is 18.4 Å². The predicted octanol–water partition coefficient (Wildman–Crippen LogP) is 3.71. The maximum atomic E-state index is 5.92. The van der Waals surface area contributed by atoms with Gasteiger partial charge in [0.05, 0.1) is 0 Å². The van der Waals surface area contributed by atoms with Crippen LogP contribution in [0.25, 0.3) is 0 Å². The Balaban J connectivity index is 2.25. The summed E-state index contributed by atoms with van der Waals surface area (Å²) in [6.07, 6.45) is 1.89. The number of rotatable bonds is 4. The van der Waals surface area contributed by atoms with Gasteiger partial charge >= 0.3 is 0 Å². The molecule has 0 aliphatic heterocycles. The molecule has 0 unspecified atom stereocenters. The van der Waals surface area contributed by atoms with Crippen LogP contribution in [-0.2, 0) is 0 Å². The molecule has 0 spiro atoms. The molecule has 0 N–H and O–H groups in total. The van der Waals surface area contributed by atoms with Gasteiger partial charge in [-0.15, -0.1) is 0 Å². The summed E-state index contributed by atoms with van der Waals surface area (Å²) in [5.74, 6) is 1.16. The Hall–Kier alpha value is -1.46. The Kier molecular flexibility index (Phi) is 4.50. The fourth-order valence-corrected chi connectivity index (χ4v) is 2.06. The number of hydrogen-bond acceptors (Lipinski definition) is 5. The van der Waals surface area contributed by atoms with Gasteiger partial charge in [-0.25, -0.2) is 4.98 Å². The number of thioether (sulfide) groups is 1. The molecule has 2 aromatic rings. The largest absolute Gasteiger partial charge is 0.439 e. The molecular formula is C13H14ClN3OS. The molecule has 0 bridgehead atoms. The molecule has 19 heavy (non-hydrogen) atoms. The van der Waals surface area contributed by atoms with E-state index in [-0.39, 0.29) is 0 Å². The lowest BCUT2D eigenvalue weighted by atomic mass is 10.3. The van der Waals surface area contributed by atoms with Crippen molar-refractivity contribution in [2.75, 3.05) is 25.3 Å². The molecule has 1 aromatic heterocycles. The molecule has 0 radical (unpaired) electrons. The van der Waals surface area contributed by atoms with Crippen molar-refractivity contribution in [1.82, 2.24) is 9.97 Å². The first-order chi connectivity index (χ1) is 9.08. The lowest BCUT2D eigenvalue weighted by Crippen LogP contribution is -2.08. The maximum Gasteiger partial charge on any atom is 0.224 e. The zero-order valence-corrected chi connectivity index (χ0v) is 12.5. The molecule has 1 heterocycles. The number of aromatic nitrogens is 2. The van der Waals surface area contributed by atoms with Gasteiger partial charge in [0.2, 0.25) is 5.88 Å². The summed E-state index contributed by atoms with van der Waals surface area (Å²) < 4.78 is 5.72. The highest BCUT2D eigenvalue weighted by molar-refractivity contribution is 7.98. The van der Waals surface area contributed by atoms with E-state index in [9.17, 15) is 0 Å². The second-order valence-corrected chi connectivity index (χ2v) is 5.17. The van der Waals surface area contributed by atoms with Crippen LogP contribution in [-0.4, -0.2) is 30.3 Å². The summed E-state index contributed by atoms with van der Waals surface area (Å²) in [6.45, 7) is 0. The third-order valence-corrected chi connectivity index (χ3v) is 3.13. The van der Waals surface area contributed by atoms with Crippen molar-refractivity contribution >= 4 is 29.1 Å². The fourth-order valence-electron chi connectivity index (χ4n) is 1.47. The van der Waals surface area contributed by atoms with E-state index < -0.39 is 0 Å². The fraction of sp³-hybridized carbons (Fsp3) is 0.231. The number of benzene rings is 1. The smallest absolute Gasteiger partial charge is 0.224 e. The van der Waals surface area contributed by atoms with E-state index in [0.717, 1.165) is 5.69 Å². The van der Waals surface area contributed by atoms with Crippen LogP contribution in [0.3, 0.4) is 0 Å². The van der Waals surface area contributed by atoms with Crippen molar-refractivity contribution in [2.24, 2.45) is 0 Å². The molecule has 100 valence electrons. The zero-order chi connectivity index (χ0) is 13.8. The Morgan fingerprint density at radius 2 is 2.00 bits per heavy atom. The molecule has 2 rings (SSSR count). The molecule has 1 aromatic carbocycles. The lowest BCUT2D eigenvalue weighted by molar-refractivity contribution is 0.455. The first-order valence-corrected chi connectivity index (χ1v) is 7.22. The number of anilines is 1. The van der Waals surface area contributed by atoms with Gasteiger partial charge < -0.3 is 9.64 Å². The summed E-state index contributed by atoms with van der Waals surface area (Å²) in [5, 5.41) is 0.962. The molecule has 0 aliphatic carbocycles. The van der Waals surface area contributed by atoms with Crippen LogP contribution in [0.4, 0.5) is 5.69 Å². The normalized spacial score (nSPS) is 10.3. The van der Waals surface area contributed by atoms with Gasteiger partial charge in [0.15, 0.2) is 5.16 Å². The minimum Gasteiger partial charge on any atom is -0.439 e. The number of ether oxygens (including phenoxy) is 1. The molecule has 0 fully saturated rings. The second-order valence-electron chi connectivity index (χ2n) is 4.01. The predicted molar refractivity (Wildman–Crippen MR) is 79.7 cm³/mol. The molecule has 0 atom stereocenters. The molecular weight excluding hydrogens is 282 g/mol. The average molecular weight is 296 g/mol. The third-order valence-electron chi connectivity index (χ3n) is 2.39. The summed E-state index contributed by atoms with van der Waals surface area (Å²) in [7, 11) is 3.96. The zero-order valence-electron chi connectivity index (χ0n) is 10.9. The topological polar surface area (TPSA) is 38.2 Å². The van der Waals surface area contributed by atoms with Gasteiger partial charge in [0, 0.05) is 31.9 Å². The quantitative estimate of drug-likeness (QED) is 0.488. The monoisotopic (exact) mass is 295 g/mol. The summed E-state index contributed by atoms with van der Waals surface area (Å²) in [5.41, 5.74) is 1.06. The highest BCUT2D eigenvalue weighted by Crippen LogP contribution is 2.26. The van der Waals surface area contributed by atoms with Gasteiger partial charge in [0.1, 0.15) is 10.9 Å². The minimum atomic E-state index is 0.373. The van der Waals surface area contributed by atoms with Gasteiger partial charge in [0.25, 0.3) is 0 Å². The Morgan fingerprint density at radius 3 is 2.68 bits per heavy atom. The summed E-state index contributed by atoms with van der Waals surface area (Å²) in [4.78, 5) is 10.3. The van der Waals surface area contributed by atoms with E-state index >= 15 is 0 Å². The average Bonchev–Trinajstić information content (AvgIpc) is 2.38. The van der Waals surface area contributed by atoms with Crippen LogP contribution < -0.4 is 9.64 Å². The van der Waals surface area contributed by atoms with E-state index in [1.54, 1.807) is 6.07 Å². The third kappa shape index (κ3) is 3.75. The minimum absolute atomic E-state index is 0.373. The van der Waals surface area contributed by atoms with E-state index in [2.05, 4.69) is 9.97 Å². The SMILES string of the molecule is CSc1nc(Cl)cc(Oc2cccc(N(C)C)c2)n1. The standard InChI is InChI=1S/C13H14ClN3OS/c1-17(2)9-5-4-6-10(7-9)18-12-8-11(14)15-13(16-12)19-3/h4-8H,1-3H3. The highest BCUT2D eigenvalue weighted by Gasteiger charge is 2.06. The van der Waals surface area contributed by atoms with Gasteiger partial charge in [-0.2, -0.15) is 4.98 Å². The van der Waals surface area contributed by atoms with Crippen LogP contribution in [0.5, 0.6) is 11.6 Å². The van der Waals surface area contributed by atoms with Crippen LogP contribution >= 0.6 is 23.4 Å². The van der Waals surface area contributed by atoms with Crippen molar-refractivity contribution < 1.29 is 4.74 Å². The Morgan fingerprint density at radius 1 is 1.21 bits per heavy atom. The summed E-state index contributed by atoms with van der Waals surface area (Å²) >= 11 is 7.34. The molecule has 0 aliphatic rings. The van der Waals surface area contributed by atoms with Crippen molar-refractivity contribution in [1.29, 1.82) is 0 Å². The van der Waals surface area contributed by atoms with Crippen LogP contribution in [0, 0.1) is 0 Å². The van der Waals surface area contributed by atoms with E-state index in [0.29, 0.717) is 21.9 Å². The van der Waals surface area contributed by atoms with Crippen LogP contribution in [0.1, 0.15) is 0 Å². The molecule has 0 saturated carbocycles. The first-order valence-electron chi connectivity index (χ1n) is 5.62. The van der Waals surface area contributed by atoms with Crippen molar-refractivity contribution in [2.45, 2.75) is 5.16 Å². The summed E-state index contributed by atoms with van der Waals surface area (Å²) in [6, 6.07) is 9.36. The van der Waals surface area contributed by atoms with Gasteiger partial charge in [-0.1, -0.05) is 29.4 Å². The number of halogens is 1. The molecule has 6 heteroatoms. The van der Waals surface area contributed by atoms with E-state index in [4.69, 9.17) is 16.3 Å². The number of hydrogen-bond donors (Lipinski definition) is 0. The molecule has 4 nitrogen and oxygen atoms in total. The highest BCUT2D eigenvalue weighted by atomic mass is 35.5. The van der Waals surface area contributed by atoms with E-state index in [1.807, 2.05) is 49.5 Å². The van der Waals surface area contributed by atoms with Gasteiger partial charge in [-0.3, -0.25) is 0 Å². The molecule has 0 amide bonds. The first kappa shape index (κ1) is 14.0. The van der Waals surface area contributed by atoms with Crippen molar-refractivity contribution in [3.05, 3.63) is 35.5 Å².